The Kier molecular flexibility index (Phi) is 6.33. The fraction of sp³-hybridized carbons (Fsp3) is 0.433. The minimum Gasteiger partial charge on any atom is -0.481 e. The van der Waals surface area contributed by atoms with E-state index in [1.807, 2.05) is 61.1 Å². The van der Waals surface area contributed by atoms with Gasteiger partial charge in [0.15, 0.2) is 0 Å². The lowest BCUT2D eigenvalue weighted by Crippen LogP contribution is -2.42. The van der Waals surface area contributed by atoms with E-state index in [4.69, 9.17) is 9.72 Å². The van der Waals surface area contributed by atoms with Gasteiger partial charge in [0.1, 0.15) is 11.9 Å². The Labute approximate surface area is 226 Å². The number of rotatable bonds is 4. The standard InChI is InChI=1S/C30H34N4O5/c1-17-7-9-22-24(33(17)30(38)39-3)11-12-25-26(22)31-28(34(25)21-6-4-5-20(16-21)29(36)37)27(35)19-8-10-23-18(15-19)13-14-32(23)2/h8,10-15,17,20-21,27,35H,4-7,9,16H2,1-3H3,(H,36,37)/t17-,20+,21+,27-/m0/s1. The number of fused-ring (bicyclic) bond motifs is 4. The molecule has 1 fully saturated rings. The number of aliphatic hydroxyl groups is 1. The summed E-state index contributed by atoms with van der Waals surface area (Å²) in [6, 6.07) is 11.7. The Bertz CT molecular complexity index is 1590. The molecule has 0 radical (unpaired) electrons. The van der Waals surface area contributed by atoms with E-state index in [0.717, 1.165) is 64.4 Å². The molecule has 6 rings (SSSR count). The summed E-state index contributed by atoms with van der Waals surface area (Å²) in [4.78, 5) is 31.3. The number of anilines is 1. The summed E-state index contributed by atoms with van der Waals surface area (Å²) in [5.74, 6) is -0.700. The molecule has 9 nitrogen and oxygen atoms in total. The topological polar surface area (TPSA) is 110 Å². The highest BCUT2D eigenvalue weighted by molar-refractivity contribution is 5.95. The maximum atomic E-state index is 12.7. The SMILES string of the molecule is COC(=O)N1c2ccc3c(nc([C@@H](O)c4ccc5c(ccn5C)c4)n3[C@@H]3CCC[C@@H](C(=O)O)C3)c2CC[C@@H]1C. The zero-order valence-corrected chi connectivity index (χ0v) is 22.5. The minimum absolute atomic E-state index is 0.0122. The number of hydrogen-bond donors (Lipinski definition) is 2. The first-order chi connectivity index (χ1) is 18.8. The fourth-order valence-corrected chi connectivity index (χ4v) is 6.61. The van der Waals surface area contributed by atoms with Crippen molar-refractivity contribution in [1.82, 2.24) is 14.1 Å². The smallest absolute Gasteiger partial charge is 0.414 e. The number of aromatic nitrogens is 3. The normalized spacial score (nSPS) is 22.2. The second-order valence-corrected chi connectivity index (χ2v) is 11.0. The van der Waals surface area contributed by atoms with Crippen LogP contribution in [-0.4, -0.2) is 49.5 Å². The number of carbonyl (C=O) groups excluding carboxylic acids is 1. The number of carboxylic acid groups (broad SMARTS) is 1. The summed E-state index contributed by atoms with van der Waals surface area (Å²) >= 11 is 0. The molecule has 2 aliphatic rings. The number of carbonyl (C=O) groups is 2. The molecule has 4 aromatic rings. The highest BCUT2D eigenvalue weighted by Crippen LogP contribution is 2.42. The summed E-state index contributed by atoms with van der Waals surface area (Å²) < 4.78 is 9.20. The molecule has 9 heteroatoms. The van der Waals surface area contributed by atoms with Crippen molar-refractivity contribution >= 4 is 39.7 Å². The highest BCUT2D eigenvalue weighted by Gasteiger charge is 2.35. The maximum absolute atomic E-state index is 12.7. The van der Waals surface area contributed by atoms with Gasteiger partial charge in [-0.2, -0.15) is 0 Å². The van der Waals surface area contributed by atoms with Crippen LogP contribution in [0.15, 0.2) is 42.6 Å². The summed E-state index contributed by atoms with van der Waals surface area (Å²) in [5.41, 5.74) is 5.14. The van der Waals surface area contributed by atoms with Crippen molar-refractivity contribution in [3.05, 3.63) is 59.5 Å². The Morgan fingerprint density at radius 1 is 1.10 bits per heavy atom. The molecule has 204 valence electrons. The molecule has 0 unspecified atom stereocenters. The van der Waals surface area contributed by atoms with Crippen molar-refractivity contribution in [3.63, 3.8) is 0 Å². The highest BCUT2D eigenvalue weighted by atomic mass is 16.5. The summed E-state index contributed by atoms with van der Waals surface area (Å²) in [5, 5.41) is 22.6. The van der Waals surface area contributed by atoms with Gasteiger partial charge in [-0.15, -0.1) is 0 Å². The average Bonchev–Trinajstić information content (AvgIpc) is 3.52. The van der Waals surface area contributed by atoms with Crippen LogP contribution in [0, 0.1) is 5.92 Å². The number of carboxylic acids is 1. The molecule has 4 atom stereocenters. The lowest BCUT2D eigenvalue weighted by Gasteiger charge is -2.34. The number of ether oxygens (including phenoxy) is 1. The van der Waals surface area contributed by atoms with E-state index in [1.165, 1.54) is 7.11 Å². The lowest BCUT2D eigenvalue weighted by molar-refractivity contribution is -0.143. The van der Waals surface area contributed by atoms with E-state index < -0.39 is 24.1 Å². The number of imidazole rings is 1. The predicted octanol–water partition coefficient (Wildman–Crippen LogP) is 5.33. The van der Waals surface area contributed by atoms with E-state index in [-0.39, 0.29) is 12.1 Å². The molecule has 39 heavy (non-hydrogen) atoms. The molecule has 0 bridgehead atoms. The predicted molar refractivity (Wildman–Crippen MR) is 148 cm³/mol. The van der Waals surface area contributed by atoms with Crippen molar-refractivity contribution in [2.75, 3.05) is 12.0 Å². The van der Waals surface area contributed by atoms with Crippen LogP contribution >= 0.6 is 0 Å². The largest absolute Gasteiger partial charge is 0.481 e. The van der Waals surface area contributed by atoms with Crippen molar-refractivity contribution in [2.24, 2.45) is 13.0 Å². The average molecular weight is 531 g/mol. The van der Waals surface area contributed by atoms with Crippen LogP contribution in [-0.2, 0) is 23.0 Å². The molecule has 2 aromatic carbocycles. The molecule has 1 saturated carbocycles. The van der Waals surface area contributed by atoms with Crippen LogP contribution in [0.25, 0.3) is 21.9 Å². The molecule has 2 aromatic heterocycles. The van der Waals surface area contributed by atoms with E-state index in [1.54, 1.807) is 4.90 Å². The zero-order chi connectivity index (χ0) is 27.4. The van der Waals surface area contributed by atoms with Gasteiger partial charge in [0.25, 0.3) is 0 Å². The minimum atomic E-state index is -0.998. The number of hydrogen-bond acceptors (Lipinski definition) is 5. The van der Waals surface area contributed by atoms with Crippen LogP contribution in [0.1, 0.15) is 68.1 Å². The number of benzene rings is 2. The first-order valence-corrected chi connectivity index (χ1v) is 13.6. The Morgan fingerprint density at radius 3 is 2.67 bits per heavy atom. The van der Waals surface area contributed by atoms with Gasteiger partial charge in [0, 0.05) is 36.4 Å². The number of aliphatic hydroxyl groups excluding tert-OH is 1. The van der Waals surface area contributed by atoms with Crippen molar-refractivity contribution in [1.29, 1.82) is 0 Å². The van der Waals surface area contributed by atoms with Gasteiger partial charge in [-0.05, 0) is 80.3 Å². The second-order valence-electron chi connectivity index (χ2n) is 11.0. The zero-order valence-electron chi connectivity index (χ0n) is 22.5. The van der Waals surface area contributed by atoms with Gasteiger partial charge < -0.3 is 24.1 Å². The lowest BCUT2D eigenvalue weighted by atomic mass is 9.85. The van der Waals surface area contributed by atoms with Gasteiger partial charge in [-0.1, -0.05) is 12.5 Å². The van der Waals surface area contributed by atoms with Gasteiger partial charge in [-0.3, -0.25) is 9.69 Å². The molecule has 3 heterocycles. The van der Waals surface area contributed by atoms with Crippen molar-refractivity contribution in [2.45, 2.75) is 63.6 Å². The van der Waals surface area contributed by atoms with Gasteiger partial charge in [0.05, 0.1) is 29.7 Å². The molecule has 1 aliphatic carbocycles. The van der Waals surface area contributed by atoms with E-state index >= 15 is 0 Å². The van der Waals surface area contributed by atoms with E-state index in [2.05, 4.69) is 4.57 Å². The molecular weight excluding hydrogens is 496 g/mol. The maximum Gasteiger partial charge on any atom is 0.414 e. The first kappa shape index (κ1) is 25.4. The fourth-order valence-electron chi connectivity index (χ4n) is 6.61. The Morgan fingerprint density at radius 2 is 1.90 bits per heavy atom. The van der Waals surface area contributed by atoms with Crippen LogP contribution in [0.3, 0.4) is 0 Å². The molecule has 0 spiro atoms. The monoisotopic (exact) mass is 530 g/mol. The molecule has 2 N–H and O–H groups in total. The van der Waals surface area contributed by atoms with E-state index in [9.17, 15) is 19.8 Å². The van der Waals surface area contributed by atoms with Crippen molar-refractivity contribution < 1.29 is 24.5 Å². The molecular formula is C30H34N4O5. The second kappa shape index (κ2) is 9.72. The number of amides is 1. The van der Waals surface area contributed by atoms with E-state index in [0.29, 0.717) is 18.7 Å². The third kappa shape index (κ3) is 4.16. The van der Waals surface area contributed by atoms with Gasteiger partial charge in [-0.25, -0.2) is 9.78 Å². The van der Waals surface area contributed by atoms with Crippen LogP contribution in [0.2, 0.25) is 0 Å². The molecule has 0 saturated heterocycles. The Balaban J connectivity index is 1.53. The van der Waals surface area contributed by atoms with Crippen LogP contribution in [0.5, 0.6) is 0 Å². The quantitative estimate of drug-likeness (QED) is 0.369. The number of aryl methyl sites for hydroxylation is 2. The number of nitrogens with zero attached hydrogens (tertiary/aromatic N) is 4. The summed E-state index contributed by atoms with van der Waals surface area (Å²) in [6.45, 7) is 2.01. The van der Waals surface area contributed by atoms with Crippen LogP contribution in [0.4, 0.5) is 10.5 Å². The van der Waals surface area contributed by atoms with Gasteiger partial charge in [0.2, 0.25) is 0 Å². The van der Waals surface area contributed by atoms with Crippen molar-refractivity contribution in [3.8, 4) is 0 Å². The molecule has 1 amide bonds. The first-order valence-electron chi connectivity index (χ1n) is 13.6. The molecule has 1 aliphatic heterocycles. The third-order valence-electron chi connectivity index (χ3n) is 8.68. The Hall–Kier alpha value is -3.85. The van der Waals surface area contributed by atoms with Crippen LogP contribution < -0.4 is 4.90 Å². The van der Waals surface area contributed by atoms with Gasteiger partial charge >= 0.3 is 12.1 Å². The summed E-state index contributed by atoms with van der Waals surface area (Å²) in [7, 11) is 3.37. The summed E-state index contributed by atoms with van der Waals surface area (Å²) in [6.07, 6.45) is 4.85. The number of aliphatic carboxylic acids is 1. The number of methoxy groups -OCH3 is 1. The third-order valence-corrected chi connectivity index (χ3v) is 8.68.